The Hall–Kier alpha value is -3.69. The second kappa shape index (κ2) is 11.0. The second-order valence-corrected chi connectivity index (χ2v) is 9.46. The lowest BCUT2D eigenvalue weighted by Gasteiger charge is -2.10. The zero-order valence-electron chi connectivity index (χ0n) is 19.2. The maximum Gasteiger partial charge on any atom is 0.255 e. The molecule has 34 heavy (non-hydrogen) atoms. The molecule has 0 aliphatic carbocycles. The summed E-state index contributed by atoms with van der Waals surface area (Å²) in [6.45, 7) is 5.93. The van der Waals surface area contributed by atoms with Gasteiger partial charge in [-0.2, -0.15) is 0 Å². The number of benzene rings is 3. The van der Waals surface area contributed by atoms with Gasteiger partial charge in [0.2, 0.25) is 10.0 Å². The third-order valence-corrected chi connectivity index (χ3v) is 6.32. The largest absolute Gasteiger partial charge is 0.494 e. The summed E-state index contributed by atoms with van der Waals surface area (Å²) in [5.41, 5.74) is 1.88. The van der Waals surface area contributed by atoms with Gasteiger partial charge in [-0.15, -0.1) is 0 Å². The van der Waals surface area contributed by atoms with E-state index in [0.717, 1.165) is 5.75 Å². The van der Waals surface area contributed by atoms with Crippen molar-refractivity contribution in [3.8, 4) is 5.75 Å². The van der Waals surface area contributed by atoms with Gasteiger partial charge < -0.3 is 15.4 Å². The van der Waals surface area contributed by atoms with Crippen molar-refractivity contribution in [1.29, 1.82) is 0 Å². The fourth-order valence-corrected chi connectivity index (χ4v) is 4.33. The van der Waals surface area contributed by atoms with Crippen molar-refractivity contribution in [3.63, 3.8) is 0 Å². The number of rotatable bonds is 9. The summed E-state index contributed by atoms with van der Waals surface area (Å²) in [5.74, 6) is 0.0466. The SMILES string of the molecule is CCOc1ccc(NC(=O)c2ccc(NC(=O)c3ccc(S(=O)(=O)NC(C)C)cc3)cc2)cc1. The first-order valence-corrected chi connectivity index (χ1v) is 12.2. The fourth-order valence-electron chi connectivity index (χ4n) is 3.08. The molecule has 0 bridgehead atoms. The van der Waals surface area contributed by atoms with Crippen molar-refractivity contribution in [2.75, 3.05) is 17.2 Å². The Morgan fingerprint density at radius 2 is 1.21 bits per heavy atom. The van der Waals surface area contributed by atoms with Crippen LogP contribution in [0.25, 0.3) is 0 Å². The molecule has 0 heterocycles. The van der Waals surface area contributed by atoms with Gasteiger partial charge in [0.25, 0.3) is 11.8 Å². The van der Waals surface area contributed by atoms with Gasteiger partial charge in [0, 0.05) is 28.5 Å². The standard InChI is InChI=1S/C25H27N3O5S/c1-4-33-22-13-11-21(12-14-22)27-24(29)18-5-9-20(10-6-18)26-25(30)19-7-15-23(16-8-19)34(31,32)28-17(2)3/h5-17,28H,4H2,1-3H3,(H,26,30)(H,27,29). The molecule has 0 atom stereocenters. The highest BCUT2D eigenvalue weighted by atomic mass is 32.2. The number of hydrogen-bond donors (Lipinski definition) is 3. The minimum absolute atomic E-state index is 0.0839. The van der Waals surface area contributed by atoms with Gasteiger partial charge in [0.1, 0.15) is 5.75 Å². The third kappa shape index (κ3) is 6.66. The van der Waals surface area contributed by atoms with Crippen LogP contribution < -0.4 is 20.1 Å². The first kappa shape index (κ1) is 24.9. The van der Waals surface area contributed by atoms with Crippen LogP contribution in [0.4, 0.5) is 11.4 Å². The molecule has 2 amide bonds. The summed E-state index contributed by atoms with van der Waals surface area (Å²) in [6.07, 6.45) is 0. The number of nitrogens with one attached hydrogen (secondary N) is 3. The van der Waals surface area contributed by atoms with E-state index in [1.165, 1.54) is 24.3 Å². The quantitative estimate of drug-likeness (QED) is 0.422. The number of anilines is 2. The molecule has 3 rings (SSSR count). The summed E-state index contributed by atoms with van der Waals surface area (Å²) >= 11 is 0. The van der Waals surface area contributed by atoms with Crippen molar-refractivity contribution >= 4 is 33.2 Å². The maximum atomic E-state index is 12.5. The number of carbonyl (C=O) groups is 2. The molecule has 0 saturated heterocycles. The van der Waals surface area contributed by atoms with Crippen LogP contribution in [0.5, 0.6) is 5.75 Å². The minimum atomic E-state index is -3.63. The number of ether oxygens (including phenoxy) is 1. The lowest BCUT2D eigenvalue weighted by Crippen LogP contribution is -2.30. The van der Waals surface area contributed by atoms with Crippen molar-refractivity contribution < 1.29 is 22.7 Å². The highest BCUT2D eigenvalue weighted by Gasteiger charge is 2.16. The minimum Gasteiger partial charge on any atom is -0.494 e. The van der Waals surface area contributed by atoms with E-state index in [0.29, 0.717) is 29.1 Å². The van der Waals surface area contributed by atoms with Crippen LogP contribution in [-0.2, 0) is 10.0 Å². The Bertz CT molecular complexity index is 1240. The molecule has 0 unspecified atom stereocenters. The summed E-state index contributed by atoms with van der Waals surface area (Å²) < 4.78 is 32.3. The van der Waals surface area contributed by atoms with Crippen molar-refractivity contribution in [1.82, 2.24) is 4.72 Å². The predicted octanol–water partition coefficient (Wildman–Crippen LogP) is 4.28. The van der Waals surface area contributed by atoms with E-state index < -0.39 is 15.9 Å². The van der Waals surface area contributed by atoms with Crippen LogP contribution in [0.15, 0.2) is 77.7 Å². The van der Waals surface area contributed by atoms with Crippen LogP contribution >= 0.6 is 0 Å². The molecule has 0 fully saturated rings. The highest BCUT2D eigenvalue weighted by molar-refractivity contribution is 7.89. The number of carbonyl (C=O) groups excluding carboxylic acids is 2. The number of hydrogen-bond acceptors (Lipinski definition) is 5. The van der Waals surface area contributed by atoms with Crippen molar-refractivity contribution in [3.05, 3.63) is 83.9 Å². The molecule has 0 aliphatic heterocycles. The monoisotopic (exact) mass is 481 g/mol. The Kier molecular flexibility index (Phi) is 8.04. The lowest BCUT2D eigenvalue weighted by molar-refractivity contribution is 0.102. The van der Waals surface area contributed by atoms with Gasteiger partial charge >= 0.3 is 0 Å². The van der Waals surface area contributed by atoms with Gasteiger partial charge in [0.05, 0.1) is 11.5 Å². The molecule has 3 aromatic carbocycles. The highest BCUT2D eigenvalue weighted by Crippen LogP contribution is 2.18. The Morgan fingerprint density at radius 3 is 1.65 bits per heavy atom. The smallest absolute Gasteiger partial charge is 0.255 e. The van der Waals surface area contributed by atoms with Crippen LogP contribution in [0, 0.1) is 0 Å². The lowest BCUT2D eigenvalue weighted by atomic mass is 10.1. The first-order valence-electron chi connectivity index (χ1n) is 10.8. The molecule has 0 radical (unpaired) electrons. The molecular weight excluding hydrogens is 454 g/mol. The van der Waals surface area contributed by atoms with Gasteiger partial charge in [-0.3, -0.25) is 9.59 Å². The summed E-state index contributed by atoms with van der Waals surface area (Å²) in [6, 6.07) is 18.9. The van der Waals surface area contributed by atoms with E-state index in [2.05, 4.69) is 15.4 Å². The van der Waals surface area contributed by atoms with E-state index in [4.69, 9.17) is 4.74 Å². The maximum absolute atomic E-state index is 12.5. The third-order valence-electron chi connectivity index (χ3n) is 4.65. The predicted molar refractivity (Wildman–Crippen MR) is 132 cm³/mol. The molecule has 3 aromatic rings. The normalized spacial score (nSPS) is 11.2. The number of amides is 2. The molecule has 8 nitrogen and oxygen atoms in total. The topological polar surface area (TPSA) is 114 Å². The van der Waals surface area contributed by atoms with Crippen LogP contribution in [0.2, 0.25) is 0 Å². The molecule has 3 N–H and O–H groups in total. The zero-order chi connectivity index (χ0) is 24.7. The van der Waals surface area contributed by atoms with Gasteiger partial charge in [-0.05, 0) is 93.6 Å². The summed E-state index contributed by atoms with van der Waals surface area (Å²) in [4.78, 5) is 25.1. The molecular formula is C25H27N3O5S. The molecule has 0 aromatic heterocycles. The Morgan fingerprint density at radius 1 is 0.765 bits per heavy atom. The molecule has 0 spiro atoms. The fraction of sp³-hybridized carbons (Fsp3) is 0.200. The van der Waals surface area contributed by atoms with Crippen LogP contribution in [0.1, 0.15) is 41.5 Å². The Labute approximate surface area is 199 Å². The van der Waals surface area contributed by atoms with Crippen molar-refractivity contribution in [2.45, 2.75) is 31.7 Å². The summed E-state index contributed by atoms with van der Waals surface area (Å²) in [7, 11) is -3.63. The average molecular weight is 482 g/mol. The molecule has 9 heteroatoms. The summed E-state index contributed by atoms with van der Waals surface area (Å²) in [5, 5.41) is 5.54. The van der Waals surface area contributed by atoms with Gasteiger partial charge in [-0.1, -0.05) is 0 Å². The van der Waals surface area contributed by atoms with Crippen LogP contribution in [-0.4, -0.2) is 32.9 Å². The first-order chi connectivity index (χ1) is 16.2. The van der Waals surface area contributed by atoms with Crippen LogP contribution in [0.3, 0.4) is 0 Å². The van der Waals surface area contributed by atoms with E-state index in [-0.39, 0.29) is 16.8 Å². The average Bonchev–Trinajstić information content (AvgIpc) is 2.80. The second-order valence-electron chi connectivity index (χ2n) is 7.74. The number of sulfonamides is 1. The van der Waals surface area contributed by atoms with Gasteiger partial charge in [-0.25, -0.2) is 13.1 Å². The Balaban J connectivity index is 1.60. The van der Waals surface area contributed by atoms with E-state index in [1.807, 2.05) is 6.92 Å². The molecule has 0 aliphatic rings. The van der Waals surface area contributed by atoms with E-state index in [9.17, 15) is 18.0 Å². The van der Waals surface area contributed by atoms with E-state index >= 15 is 0 Å². The molecule has 0 saturated carbocycles. The van der Waals surface area contributed by atoms with Crippen molar-refractivity contribution in [2.24, 2.45) is 0 Å². The van der Waals surface area contributed by atoms with Gasteiger partial charge in [0.15, 0.2) is 0 Å². The zero-order valence-corrected chi connectivity index (χ0v) is 20.0. The molecule has 178 valence electrons. The van der Waals surface area contributed by atoms with E-state index in [1.54, 1.807) is 62.4 Å².